The third kappa shape index (κ3) is 3.46. The molecule has 4 nitrogen and oxygen atoms in total. The molecule has 4 heteroatoms. The summed E-state index contributed by atoms with van der Waals surface area (Å²) in [4.78, 5) is 13.9. The van der Waals surface area contributed by atoms with Crippen molar-refractivity contribution >= 4 is 5.91 Å². The topological polar surface area (TPSA) is 66.6 Å². The van der Waals surface area contributed by atoms with Crippen molar-refractivity contribution in [3.05, 3.63) is 29.3 Å². The van der Waals surface area contributed by atoms with Crippen LogP contribution in [0.4, 0.5) is 0 Å². The normalized spacial score (nSPS) is 10.3. The van der Waals surface area contributed by atoms with Crippen LogP contribution in [0.25, 0.3) is 0 Å². The molecule has 0 radical (unpaired) electrons. The third-order valence-corrected chi connectivity index (χ3v) is 2.56. The SMILES string of the molecule is CCCN(CCN)C(=O)c1cc(C)ccc1O. The fourth-order valence-corrected chi connectivity index (χ4v) is 1.73. The Kier molecular flexibility index (Phi) is 4.97. The van der Waals surface area contributed by atoms with Gasteiger partial charge in [-0.1, -0.05) is 18.6 Å². The number of carbonyl (C=O) groups is 1. The van der Waals surface area contributed by atoms with E-state index in [9.17, 15) is 9.90 Å². The molecule has 0 bridgehead atoms. The van der Waals surface area contributed by atoms with Crippen molar-refractivity contribution in [1.82, 2.24) is 4.90 Å². The Morgan fingerprint density at radius 2 is 2.12 bits per heavy atom. The van der Waals surface area contributed by atoms with Crippen molar-refractivity contribution in [2.75, 3.05) is 19.6 Å². The monoisotopic (exact) mass is 236 g/mol. The van der Waals surface area contributed by atoms with Gasteiger partial charge in [-0.15, -0.1) is 0 Å². The number of hydrogen-bond acceptors (Lipinski definition) is 3. The number of phenols is 1. The van der Waals surface area contributed by atoms with E-state index in [1.807, 2.05) is 13.8 Å². The van der Waals surface area contributed by atoms with Gasteiger partial charge in [-0.05, 0) is 25.5 Å². The Bertz CT molecular complexity index is 385. The number of amides is 1. The number of aryl methyl sites for hydroxylation is 1. The molecular formula is C13H20N2O2. The lowest BCUT2D eigenvalue weighted by Crippen LogP contribution is -2.36. The summed E-state index contributed by atoms with van der Waals surface area (Å²) in [6.07, 6.45) is 0.873. The summed E-state index contributed by atoms with van der Waals surface area (Å²) in [5.41, 5.74) is 6.79. The average molecular weight is 236 g/mol. The molecule has 94 valence electrons. The van der Waals surface area contributed by atoms with Crippen LogP contribution in [0.5, 0.6) is 5.75 Å². The van der Waals surface area contributed by atoms with Crippen molar-refractivity contribution < 1.29 is 9.90 Å². The second kappa shape index (κ2) is 6.25. The van der Waals surface area contributed by atoms with Crippen LogP contribution in [0.1, 0.15) is 29.3 Å². The van der Waals surface area contributed by atoms with Crippen molar-refractivity contribution in [3.63, 3.8) is 0 Å². The molecule has 0 spiro atoms. The molecule has 0 aliphatic rings. The zero-order valence-corrected chi connectivity index (χ0v) is 10.4. The van der Waals surface area contributed by atoms with Gasteiger partial charge in [0.15, 0.2) is 0 Å². The van der Waals surface area contributed by atoms with Gasteiger partial charge in [0.05, 0.1) is 5.56 Å². The second-order valence-electron chi connectivity index (χ2n) is 4.10. The van der Waals surface area contributed by atoms with Crippen molar-refractivity contribution in [1.29, 1.82) is 0 Å². The van der Waals surface area contributed by atoms with Crippen molar-refractivity contribution in [3.8, 4) is 5.75 Å². The molecule has 0 aromatic heterocycles. The highest BCUT2D eigenvalue weighted by Crippen LogP contribution is 2.20. The van der Waals surface area contributed by atoms with E-state index < -0.39 is 0 Å². The highest BCUT2D eigenvalue weighted by molar-refractivity contribution is 5.97. The van der Waals surface area contributed by atoms with Crippen LogP contribution < -0.4 is 5.73 Å². The minimum Gasteiger partial charge on any atom is -0.507 e. The first-order valence-electron chi connectivity index (χ1n) is 5.89. The van der Waals surface area contributed by atoms with E-state index in [2.05, 4.69) is 0 Å². The maximum absolute atomic E-state index is 12.2. The molecule has 0 aliphatic carbocycles. The van der Waals surface area contributed by atoms with Crippen LogP contribution in [0, 0.1) is 6.92 Å². The molecule has 1 aromatic carbocycles. The molecule has 1 aromatic rings. The standard InChI is InChI=1S/C13H20N2O2/c1-3-7-15(8-6-14)13(17)11-9-10(2)4-5-12(11)16/h4-5,9,16H,3,6-8,14H2,1-2H3. The van der Waals surface area contributed by atoms with Gasteiger partial charge >= 0.3 is 0 Å². The molecular weight excluding hydrogens is 216 g/mol. The Morgan fingerprint density at radius 3 is 2.71 bits per heavy atom. The van der Waals surface area contributed by atoms with Crippen LogP contribution in [-0.4, -0.2) is 35.5 Å². The largest absolute Gasteiger partial charge is 0.507 e. The zero-order valence-electron chi connectivity index (χ0n) is 10.4. The molecule has 0 unspecified atom stereocenters. The predicted molar refractivity (Wildman–Crippen MR) is 68.1 cm³/mol. The summed E-state index contributed by atoms with van der Waals surface area (Å²) in [5, 5.41) is 9.71. The number of nitrogens with zero attached hydrogens (tertiary/aromatic N) is 1. The van der Waals surface area contributed by atoms with Gasteiger partial charge < -0.3 is 15.7 Å². The number of benzene rings is 1. The molecule has 0 fully saturated rings. The Morgan fingerprint density at radius 1 is 1.41 bits per heavy atom. The first-order valence-corrected chi connectivity index (χ1v) is 5.89. The van der Waals surface area contributed by atoms with E-state index in [1.165, 1.54) is 0 Å². The highest BCUT2D eigenvalue weighted by Gasteiger charge is 2.17. The van der Waals surface area contributed by atoms with E-state index in [1.54, 1.807) is 23.1 Å². The quantitative estimate of drug-likeness (QED) is 0.814. The first-order chi connectivity index (χ1) is 8.10. The summed E-state index contributed by atoms with van der Waals surface area (Å²) in [5.74, 6) is -0.128. The zero-order chi connectivity index (χ0) is 12.8. The summed E-state index contributed by atoms with van der Waals surface area (Å²) < 4.78 is 0. The smallest absolute Gasteiger partial charge is 0.257 e. The summed E-state index contributed by atoms with van der Waals surface area (Å²) in [6, 6.07) is 5.03. The van der Waals surface area contributed by atoms with Crippen LogP contribution in [-0.2, 0) is 0 Å². The highest BCUT2D eigenvalue weighted by atomic mass is 16.3. The van der Waals surface area contributed by atoms with Gasteiger partial charge in [0.1, 0.15) is 5.75 Å². The average Bonchev–Trinajstić information content (AvgIpc) is 2.31. The van der Waals surface area contributed by atoms with E-state index in [4.69, 9.17) is 5.73 Å². The number of aromatic hydroxyl groups is 1. The second-order valence-corrected chi connectivity index (χ2v) is 4.10. The van der Waals surface area contributed by atoms with Gasteiger partial charge in [0, 0.05) is 19.6 Å². The van der Waals surface area contributed by atoms with Gasteiger partial charge in [-0.3, -0.25) is 4.79 Å². The van der Waals surface area contributed by atoms with E-state index >= 15 is 0 Å². The van der Waals surface area contributed by atoms with Crippen LogP contribution in [0.2, 0.25) is 0 Å². The van der Waals surface area contributed by atoms with Crippen molar-refractivity contribution in [2.24, 2.45) is 5.73 Å². The molecule has 0 heterocycles. The Hall–Kier alpha value is -1.55. The lowest BCUT2D eigenvalue weighted by molar-refractivity contribution is 0.0757. The van der Waals surface area contributed by atoms with Crippen LogP contribution >= 0.6 is 0 Å². The molecule has 0 saturated carbocycles. The van der Waals surface area contributed by atoms with Crippen LogP contribution in [0.15, 0.2) is 18.2 Å². The lowest BCUT2D eigenvalue weighted by atomic mass is 10.1. The number of rotatable bonds is 5. The summed E-state index contributed by atoms with van der Waals surface area (Å²) >= 11 is 0. The molecule has 0 saturated heterocycles. The number of carbonyl (C=O) groups excluding carboxylic acids is 1. The Balaban J connectivity index is 2.95. The lowest BCUT2D eigenvalue weighted by Gasteiger charge is -2.22. The maximum Gasteiger partial charge on any atom is 0.257 e. The number of hydrogen-bond donors (Lipinski definition) is 2. The molecule has 0 aliphatic heterocycles. The molecule has 1 rings (SSSR count). The fraction of sp³-hybridized carbons (Fsp3) is 0.462. The molecule has 3 N–H and O–H groups in total. The summed E-state index contributed by atoms with van der Waals surface area (Å²) in [7, 11) is 0. The van der Waals surface area contributed by atoms with Gasteiger partial charge in [0.25, 0.3) is 5.91 Å². The first kappa shape index (κ1) is 13.5. The van der Waals surface area contributed by atoms with Gasteiger partial charge in [-0.25, -0.2) is 0 Å². The third-order valence-electron chi connectivity index (χ3n) is 2.56. The minimum absolute atomic E-state index is 0.0266. The maximum atomic E-state index is 12.2. The molecule has 17 heavy (non-hydrogen) atoms. The van der Waals surface area contributed by atoms with E-state index in [0.29, 0.717) is 25.2 Å². The van der Waals surface area contributed by atoms with Crippen LogP contribution in [0.3, 0.4) is 0 Å². The van der Waals surface area contributed by atoms with Gasteiger partial charge in [0.2, 0.25) is 0 Å². The van der Waals surface area contributed by atoms with E-state index in [-0.39, 0.29) is 11.7 Å². The molecule has 1 amide bonds. The van der Waals surface area contributed by atoms with Crippen molar-refractivity contribution in [2.45, 2.75) is 20.3 Å². The summed E-state index contributed by atoms with van der Waals surface area (Å²) in [6.45, 7) is 5.50. The fourth-order valence-electron chi connectivity index (χ4n) is 1.73. The van der Waals surface area contributed by atoms with Gasteiger partial charge in [-0.2, -0.15) is 0 Å². The molecule has 0 atom stereocenters. The van der Waals surface area contributed by atoms with E-state index in [0.717, 1.165) is 12.0 Å². The predicted octanol–water partition coefficient (Wildman–Crippen LogP) is 1.51. The Labute approximate surface area is 102 Å². The minimum atomic E-state index is -0.154. The number of phenolic OH excluding ortho intramolecular Hbond substituents is 1. The number of nitrogens with two attached hydrogens (primary N) is 1.